The fourth-order valence-corrected chi connectivity index (χ4v) is 1.91. The maximum atomic E-state index is 2.47. The second kappa shape index (κ2) is 5.15. The monoisotopic (exact) mass is 182 g/mol. The van der Waals surface area contributed by atoms with Gasteiger partial charge in [0.2, 0.25) is 0 Å². The molecular weight excluding hydrogens is 160 g/mol. The zero-order valence-electron chi connectivity index (χ0n) is 9.16. The highest BCUT2D eigenvalue weighted by molar-refractivity contribution is 4.95. The summed E-state index contributed by atoms with van der Waals surface area (Å²) >= 11 is 0. The van der Waals surface area contributed by atoms with E-state index in [4.69, 9.17) is 0 Å². The third kappa shape index (κ3) is 2.39. The first-order chi connectivity index (χ1) is 6.33. The Kier molecular flexibility index (Phi) is 4.13. The molecule has 0 aromatic carbocycles. The number of unbranched alkanes of at least 4 members (excludes halogenated alkanes) is 1. The molecular formula is C11H22N2. The molecule has 0 aromatic heterocycles. The van der Waals surface area contributed by atoms with Crippen molar-refractivity contribution in [3.05, 3.63) is 12.4 Å². The number of rotatable bonds is 5. The Morgan fingerprint density at radius 3 is 2.31 bits per heavy atom. The summed E-state index contributed by atoms with van der Waals surface area (Å²) in [7, 11) is 0. The van der Waals surface area contributed by atoms with Crippen LogP contribution in [0.4, 0.5) is 0 Å². The van der Waals surface area contributed by atoms with Crippen LogP contribution in [0.15, 0.2) is 12.4 Å². The average molecular weight is 182 g/mol. The Morgan fingerprint density at radius 1 is 1.08 bits per heavy atom. The predicted molar refractivity (Wildman–Crippen MR) is 57.2 cm³/mol. The molecule has 0 amide bonds. The molecule has 76 valence electrons. The van der Waals surface area contributed by atoms with Crippen LogP contribution in [0.5, 0.6) is 0 Å². The second-order valence-corrected chi connectivity index (χ2v) is 3.61. The summed E-state index contributed by atoms with van der Waals surface area (Å²) in [6.07, 6.45) is 8.89. The molecule has 1 aliphatic heterocycles. The second-order valence-electron chi connectivity index (χ2n) is 3.61. The van der Waals surface area contributed by atoms with Gasteiger partial charge in [-0.05, 0) is 19.8 Å². The molecule has 0 N–H and O–H groups in total. The Balaban J connectivity index is 2.42. The minimum atomic E-state index is 0.622. The van der Waals surface area contributed by atoms with E-state index < -0.39 is 0 Å². The van der Waals surface area contributed by atoms with Crippen molar-refractivity contribution < 1.29 is 0 Å². The minimum absolute atomic E-state index is 0.622. The van der Waals surface area contributed by atoms with E-state index in [0.717, 1.165) is 6.54 Å². The highest BCUT2D eigenvalue weighted by atomic mass is 15.4. The van der Waals surface area contributed by atoms with Crippen LogP contribution in [0.3, 0.4) is 0 Å². The molecule has 0 fully saturated rings. The lowest BCUT2D eigenvalue weighted by Crippen LogP contribution is -2.38. The Morgan fingerprint density at radius 2 is 1.77 bits per heavy atom. The van der Waals surface area contributed by atoms with E-state index in [1.165, 1.54) is 25.8 Å². The zero-order valence-corrected chi connectivity index (χ0v) is 9.16. The van der Waals surface area contributed by atoms with Crippen molar-refractivity contribution in [2.24, 2.45) is 0 Å². The largest absolute Gasteiger partial charge is 0.356 e. The standard InChI is InChI=1S/C11H22N2/c1-4-7-8-13-10-9-12(6-3)11(13)5-2/h9-11H,4-8H2,1-3H3. The van der Waals surface area contributed by atoms with Gasteiger partial charge in [-0.2, -0.15) is 0 Å². The SMILES string of the molecule is CCCCN1C=CN(CC)C1CC. The highest BCUT2D eigenvalue weighted by Crippen LogP contribution is 2.18. The third-order valence-electron chi connectivity index (χ3n) is 2.72. The molecule has 2 nitrogen and oxygen atoms in total. The van der Waals surface area contributed by atoms with Crippen molar-refractivity contribution in [1.29, 1.82) is 0 Å². The minimum Gasteiger partial charge on any atom is -0.356 e. The van der Waals surface area contributed by atoms with Gasteiger partial charge in [0.1, 0.15) is 6.17 Å². The molecule has 2 heteroatoms. The van der Waals surface area contributed by atoms with Gasteiger partial charge in [-0.15, -0.1) is 0 Å². The van der Waals surface area contributed by atoms with Gasteiger partial charge in [0.25, 0.3) is 0 Å². The topological polar surface area (TPSA) is 6.48 Å². The van der Waals surface area contributed by atoms with Gasteiger partial charge in [-0.25, -0.2) is 0 Å². The van der Waals surface area contributed by atoms with Crippen LogP contribution in [0.2, 0.25) is 0 Å². The molecule has 0 aliphatic carbocycles. The number of hydrogen-bond acceptors (Lipinski definition) is 2. The number of hydrogen-bond donors (Lipinski definition) is 0. The first-order valence-electron chi connectivity index (χ1n) is 5.53. The van der Waals surface area contributed by atoms with Crippen LogP contribution < -0.4 is 0 Å². The molecule has 0 saturated heterocycles. The molecule has 0 radical (unpaired) electrons. The van der Waals surface area contributed by atoms with Crippen molar-refractivity contribution >= 4 is 0 Å². The molecule has 0 spiro atoms. The average Bonchev–Trinajstić information content (AvgIpc) is 2.56. The normalized spacial score (nSPS) is 21.6. The molecule has 1 atom stereocenters. The molecule has 0 bridgehead atoms. The molecule has 0 saturated carbocycles. The van der Waals surface area contributed by atoms with E-state index in [9.17, 15) is 0 Å². The Labute approximate surface area is 82.2 Å². The zero-order chi connectivity index (χ0) is 9.68. The Hall–Kier alpha value is -0.660. The summed E-state index contributed by atoms with van der Waals surface area (Å²) in [4.78, 5) is 4.88. The van der Waals surface area contributed by atoms with Crippen molar-refractivity contribution in [3.63, 3.8) is 0 Å². The van der Waals surface area contributed by atoms with Gasteiger partial charge in [-0.3, -0.25) is 0 Å². The van der Waals surface area contributed by atoms with Gasteiger partial charge >= 0.3 is 0 Å². The lowest BCUT2D eigenvalue weighted by Gasteiger charge is -2.31. The summed E-state index contributed by atoms with van der Waals surface area (Å²) in [5, 5.41) is 0. The van der Waals surface area contributed by atoms with Gasteiger partial charge in [0.05, 0.1) is 0 Å². The lowest BCUT2D eigenvalue weighted by molar-refractivity contribution is 0.152. The van der Waals surface area contributed by atoms with Crippen molar-refractivity contribution in [3.8, 4) is 0 Å². The maximum absolute atomic E-state index is 2.47. The van der Waals surface area contributed by atoms with Crippen LogP contribution >= 0.6 is 0 Å². The maximum Gasteiger partial charge on any atom is 0.100 e. The third-order valence-corrected chi connectivity index (χ3v) is 2.72. The summed E-state index contributed by atoms with van der Waals surface area (Å²) in [6.45, 7) is 9.06. The predicted octanol–water partition coefficient (Wildman–Crippen LogP) is 2.63. The highest BCUT2D eigenvalue weighted by Gasteiger charge is 2.22. The van der Waals surface area contributed by atoms with Crippen LogP contribution in [0.1, 0.15) is 40.0 Å². The van der Waals surface area contributed by atoms with Crippen molar-refractivity contribution in [1.82, 2.24) is 9.80 Å². The number of nitrogens with zero attached hydrogens (tertiary/aromatic N) is 2. The van der Waals surface area contributed by atoms with E-state index in [0.29, 0.717) is 6.17 Å². The summed E-state index contributed by atoms with van der Waals surface area (Å²) in [5.74, 6) is 0. The van der Waals surface area contributed by atoms with Crippen molar-refractivity contribution in [2.45, 2.75) is 46.2 Å². The lowest BCUT2D eigenvalue weighted by atomic mass is 10.2. The van der Waals surface area contributed by atoms with Crippen LogP contribution in [0, 0.1) is 0 Å². The first kappa shape index (κ1) is 10.4. The van der Waals surface area contributed by atoms with Gasteiger partial charge in [0.15, 0.2) is 0 Å². The van der Waals surface area contributed by atoms with Gasteiger partial charge in [0, 0.05) is 25.5 Å². The van der Waals surface area contributed by atoms with E-state index in [1.807, 2.05) is 0 Å². The smallest absolute Gasteiger partial charge is 0.100 e. The van der Waals surface area contributed by atoms with E-state index >= 15 is 0 Å². The summed E-state index contributed by atoms with van der Waals surface area (Å²) in [5.41, 5.74) is 0. The van der Waals surface area contributed by atoms with E-state index in [-0.39, 0.29) is 0 Å². The van der Waals surface area contributed by atoms with E-state index in [2.05, 4.69) is 43.0 Å². The molecule has 1 unspecified atom stereocenters. The van der Waals surface area contributed by atoms with E-state index in [1.54, 1.807) is 0 Å². The van der Waals surface area contributed by atoms with Crippen LogP contribution in [-0.4, -0.2) is 29.1 Å². The summed E-state index contributed by atoms with van der Waals surface area (Å²) in [6, 6.07) is 0. The van der Waals surface area contributed by atoms with Gasteiger partial charge < -0.3 is 9.80 Å². The van der Waals surface area contributed by atoms with Crippen LogP contribution in [0.25, 0.3) is 0 Å². The Bertz CT molecular complexity index is 165. The van der Waals surface area contributed by atoms with Crippen molar-refractivity contribution in [2.75, 3.05) is 13.1 Å². The van der Waals surface area contributed by atoms with Crippen LogP contribution in [-0.2, 0) is 0 Å². The molecule has 1 rings (SSSR count). The van der Waals surface area contributed by atoms with Gasteiger partial charge in [-0.1, -0.05) is 20.3 Å². The fraction of sp³-hybridized carbons (Fsp3) is 0.818. The fourth-order valence-electron chi connectivity index (χ4n) is 1.91. The summed E-state index contributed by atoms with van der Waals surface area (Å²) < 4.78 is 0. The molecule has 13 heavy (non-hydrogen) atoms. The molecule has 1 heterocycles. The first-order valence-corrected chi connectivity index (χ1v) is 5.53. The molecule has 0 aromatic rings. The molecule has 1 aliphatic rings. The quantitative estimate of drug-likeness (QED) is 0.645.